The smallest absolute Gasteiger partial charge is 0.169 e. The van der Waals surface area contributed by atoms with Crippen molar-refractivity contribution in [2.24, 2.45) is 9.98 Å². The van der Waals surface area contributed by atoms with Crippen LogP contribution < -0.4 is 5.32 Å². The summed E-state index contributed by atoms with van der Waals surface area (Å²) in [7, 11) is 0. The van der Waals surface area contributed by atoms with Crippen LogP contribution in [0.2, 0.25) is 0 Å². The molecule has 0 radical (unpaired) electrons. The molecule has 3 heteroatoms. The lowest BCUT2D eigenvalue weighted by Crippen LogP contribution is -2.35. The first-order valence-corrected chi connectivity index (χ1v) is 10.5. The molecule has 1 N–H and O–H groups in total. The lowest BCUT2D eigenvalue weighted by Gasteiger charge is -2.22. The van der Waals surface area contributed by atoms with Crippen molar-refractivity contribution >= 4 is 11.7 Å². The Hall–Kier alpha value is -3.98. The van der Waals surface area contributed by atoms with Crippen LogP contribution in [0.25, 0.3) is 11.1 Å². The maximum absolute atomic E-state index is 4.93. The summed E-state index contributed by atoms with van der Waals surface area (Å²) in [4.78, 5) is 9.86. The highest BCUT2D eigenvalue weighted by Crippen LogP contribution is 2.27. The van der Waals surface area contributed by atoms with Gasteiger partial charge in [0.25, 0.3) is 0 Å². The van der Waals surface area contributed by atoms with Gasteiger partial charge in [-0.2, -0.15) is 0 Å². The summed E-state index contributed by atoms with van der Waals surface area (Å²) in [6, 6.07) is 37.6. The van der Waals surface area contributed by atoms with Gasteiger partial charge in [-0.05, 0) is 23.6 Å². The van der Waals surface area contributed by atoms with E-state index >= 15 is 0 Å². The molecule has 0 atom stereocenters. The van der Waals surface area contributed by atoms with Crippen molar-refractivity contribution in [3.05, 3.63) is 131 Å². The van der Waals surface area contributed by atoms with Crippen LogP contribution in [0.5, 0.6) is 0 Å². The third kappa shape index (κ3) is 4.17. The summed E-state index contributed by atoms with van der Waals surface area (Å²) in [5.41, 5.74) is 6.83. The van der Waals surface area contributed by atoms with Gasteiger partial charge in [0.2, 0.25) is 0 Å². The van der Waals surface area contributed by atoms with Gasteiger partial charge in [-0.3, -0.25) is 0 Å². The number of aliphatic imine (C=N–C) groups is 2. The van der Waals surface area contributed by atoms with Gasteiger partial charge in [-0.25, -0.2) is 9.98 Å². The molecule has 0 bridgehead atoms. The monoisotopic (exact) mass is 401 g/mol. The van der Waals surface area contributed by atoms with Crippen molar-refractivity contribution < 1.29 is 0 Å². The minimum atomic E-state index is -0.293. The summed E-state index contributed by atoms with van der Waals surface area (Å²) in [5.74, 6) is 1.67. The molecule has 0 spiro atoms. The Morgan fingerprint density at radius 3 is 1.45 bits per heavy atom. The van der Waals surface area contributed by atoms with Crippen molar-refractivity contribution in [2.75, 3.05) is 0 Å². The molecule has 1 aliphatic heterocycles. The largest absolute Gasteiger partial charge is 0.324 e. The Balaban J connectivity index is 1.51. The molecule has 0 saturated carbocycles. The van der Waals surface area contributed by atoms with Crippen molar-refractivity contribution in [1.82, 2.24) is 5.32 Å². The van der Waals surface area contributed by atoms with Gasteiger partial charge < -0.3 is 5.32 Å². The Kier molecular flexibility index (Phi) is 5.16. The van der Waals surface area contributed by atoms with Crippen LogP contribution in [0.3, 0.4) is 0 Å². The number of amidine groups is 2. The molecule has 1 heterocycles. The maximum atomic E-state index is 4.93. The van der Waals surface area contributed by atoms with E-state index in [1.54, 1.807) is 0 Å². The summed E-state index contributed by atoms with van der Waals surface area (Å²) in [5, 5.41) is 3.43. The molecule has 0 fully saturated rings. The molecule has 0 aromatic heterocycles. The fraction of sp³-hybridized carbons (Fsp3) is 0.0714. The zero-order chi connectivity index (χ0) is 21.0. The molecule has 5 rings (SSSR count). The molecular formula is C28H23N3. The molecule has 0 unspecified atom stereocenters. The van der Waals surface area contributed by atoms with E-state index in [4.69, 9.17) is 9.98 Å². The number of nitrogens with zero attached hydrogens (tertiary/aromatic N) is 2. The minimum Gasteiger partial charge on any atom is -0.324 e. The van der Waals surface area contributed by atoms with E-state index < -0.39 is 0 Å². The number of rotatable bonds is 4. The van der Waals surface area contributed by atoms with Crippen LogP contribution in [0.15, 0.2) is 119 Å². The van der Waals surface area contributed by atoms with Crippen LogP contribution in [0, 0.1) is 6.92 Å². The second-order valence-corrected chi connectivity index (χ2v) is 7.67. The Morgan fingerprint density at radius 1 is 0.516 bits per heavy atom. The van der Waals surface area contributed by atoms with Gasteiger partial charge >= 0.3 is 0 Å². The zero-order valence-electron chi connectivity index (χ0n) is 17.4. The molecular weight excluding hydrogens is 378 g/mol. The normalized spacial score (nSPS) is 13.8. The van der Waals surface area contributed by atoms with Crippen LogP contribution in [-0.4, -0.2) is 11.7 Å². The highest BCUT2D eigenvalue weighted by atomic mass is 15.2. The average molecular weight is 402 g/mol. The SMILES string of the molecule is Cc1ccc(-c2ccc(C3N=C(c4ccccc4)NC(c4ccccc4)=N3)cc2)cc1. The Bertz CT molecular complexity index is 1170. The molecule has 0 aliphatic carbocycles. The quantitative estimate of drug-likeness (QED) is 0.437. The number of benzene rings is 4. The number of hydrogen-bond donors (Lipinski definition) is 1. The van der Waals surface area contributed by atoms with Crippen LogP contribution in [-0.2, 0) is 0 Å². The van der Waals surface area contributed by atoms with Crippen molar-refractivity contribution in [1.29, 1.82) is 0 Å². The van der Waals surface area contributed by atoms with Crippen LogP contribution >= 0.6 is 0 Å². The fourth-order valence-electron chi connectivity index (χ4n) is 3.68. The third-order valence-electron chi connectivity index (χ3n) is 5.43. The lowest BCUT2D eigenvalue weighted by atomic mass is 10.0. The van der Waals surface area contributed by atoms with Crippen molar-refractivity contribution in [2.45, 2.75) is 13.1 Å². The predicted octanol–water partition coefficient (Wildman–Crippen LogP) is 6.16. The van der Waals surface area contributed by atoms with Gasteiger partial charge in [-0.1, -0.05) is 115 Å². The fourth-order valence-corrected chi connectivity index (χ4v) is 3.68. The molecule has 150 valence electrons. The Morgan fingerprint density at radius 2 is 0.968 bits per heavy atom. The maximum Gasteiger partial charge on any atom is 0.169 e. The van der Waals surface area contributed by atoms with Crippen molar-refractivity contribution in [3.8, 4) is 11.1 Å². The highest BCUT2D eigenvalue weighted by Gasteiger charge is 2.20. The van der Waals surface area contributed by atoms with Crippen LogP contribution in [0.4, 0.5) is 0 Å². The highest BCUT2D eigenvalue weighted by molar-refractivity contribution is 6.15. The second-order valence-electron chi connectivity index (χ2n) is 7.67. The summed E-state index contributed by atoms with van der Waals surface area (Å²) in [6.45, 7) is 2.11. The molecule has 4 aromatic rings. The van der Waals surface area contributed by atoms with Gasteiger partial charge in [0, 0.05) is 11.1 Å². The second kappa shape index (κ2) is 8.41. The van der Waals surface area contributed by atoms with Gasteiger partial charge in [-0.15, -0.1) is 0 Å². The van der Waals surface area contributed by atoms with E-state index in [1.807, 2.05) is 36.4 Å². The predicted molar refractivity (Wildman–Crippen MR) is 128 cm³/mol. The first-order valence-electron chi connectivity index (χ1n) is 10.5. The molecule has 0 saturated heterocycles. The standard InChI is InChI=1S/C28H23N3/c1-20-12-14-21(15-13-20)22-16-18-25(19-17-22)28-30-26(23-8-4-2-5-9-23)29-27(31-28)24-10-6-3-7-11-24/h2-19,28H,1H3,(H,29,30,31). The molecule has 0 amide bonds. The number of aryl methyl sites for hydroxylation is 1. The Labute approximate surface area is 182 Å². The lowest BCUT2D eigenvalue weighted by molar-refractivity contribution is 0.756. The number of nitrogens with one attached hydrogen (secondary N) is 1. The molecule has 31 heavy (non-hydrogen) atoms. The van der Waals surface area contributed by atoms with E-state index in [9.17, 15) is 0 Å². The van der Waals surface area contributed by atoms with Gasteiger partial charge in [0.15, 0.2) is 6.17 Å². The van der Waals surface area contributed by atoms with E-state index in [0.29, 0.717) is 0 Å². The van der Waals surface area contributed by atoms with E-state index in [2.05, 4.69) is 85.0 Å². The summed E-state index contributed by atoms with van der Waals surface area (Å²) < 4.78 is 0. The van der Waals surface area contributed by atoms with E-state index in [1.165, 1.54) is 16.7 Å². The molecule has 3 nitrogen and oxygen atoms in total. The number of hydrogen-bond acceptors (Lipinski definition) is 3. The molecule has 1 aliphatic rings. The van der Waals surface area contributed by atoms with Crippen molar-refractivity contribution in [3.63, 3.8) is 0 Å². The van der Waals surface area contributed by atoms with Crippen LogP contribution in [0.1, 0.15) is 28.4 Å². The minimum absolute atomic E-state index is 0.293. The topological polar surface area (TPSA) is 36.8 Å². The summed E-state index contributed by atoms with van der Waals surface area (Å²) >= 11 is 0. The first kappa shape index (κ1) is 19.0. The molecule has 4 aromatic carbocycles. The summed E-state index contributed by atoms with van der Waals surface area (Å²) in [6.07, 6.45) is -0.293. The zero-order valence-corrected chi connectivity index (χ0v) is 17.4. The third-order valence-corrected chi connectivity index (χ3v) is 5.43. The van der Waals surface area contributed by atoms with E-state index in [-0.39, 0.29) is 6.17 Å². The van der Waals surface area contributed by atoms with E-state index in [0.717, 1.165) is 28.4 Å². The first-order chi connectivity index (χ1) is 15.3. The van der Waals surface area contributed by atoms with Gasteiger partial charge in [0.1, 0.15) is 11.7 Å². The average Bonchev–Trinajstić information content (AvgIpc) is 2.85. The van der Waals surface area contributed by atoms with Gasteiger partial charge in [0.05, 0.1) is 0 Å².